The molecular formula is C16H16Cl2. The average Bonchev–Trinajstić information content (AvgIpc) is 2.35. The molecule has 2 heteroatoms. The molecule has 18 heavy (non-hydrogen) atoms. The topological polar surface area (TPSA) is 0 Å². The first-order valence-electron chi connectivity index (χ1n) is 6.01. The quantitative estimate of drug-likeness (QED) is 0.655. The van der Waals surface area contributed by atoms with Gasteiger partial charge in [-0.3, -0.25) is 0 Å². The van der Waals surface area contributed by atoms with Crippen molar-refractivity contribution in [2.45, 2.75) is 26.7 Å². The third-order valence-corrected chi connectivity index (χ3v) is 4.21. The highest BCUT2D eigenvalue weighted by Crippen LogP contribution is 2.30. The first-order chi connectivity index (χ1) is 8.49. The maximum atomic E-state index is 6.18. The van der Waals surface area contributed by atoms with Crippen LogP contribution in [0, 0.1) is 13.8 Å². The smallest absolute Gasteiger partial charge is 0.0438 e. The third kappa shape index (κ3) is 2.71. The number of rotatable bonds is 2. The molecule has 0 fully saturated rings. The minimum absolute atomic E-state index is 0.293. The van der Waals surface area contributed by atoms with Crippen LogP contribution in [0.15, 0.2) is 36.4 Å². The molecule has 0 radical (unpaired) electrons. The third-order valence-electron chi connectivity index (χ3n) is 3.39. The van der Waals surface area contributed by atoms with Gasteiger partial charge in [0.1, 0.15) is 0 Å². The number of hydrogen-bond acceptors (Lipinski definition) is 0. The summed E-state index contributed by atoms with van der Waals surface area (Å²) in [6.45, 7) is 6.20. The van der Waals surface area contributed by atoms with Crippen LogP contribution in [0.3, 0.4) is 0 Å². The Hall–Kier alpha value is -0.980. The lowest BCUT2D eigenvalue weighted by atomic mass is 9.92. The van der Waals surface area contributed by atoms with Gasteiger partial charge in [-0.05, 0) is 48.2 Å². The minimum atomic E-state index is 0.293. The molecule has 0 heterocycles. The van der Waals surface area contributed by atoms with Gasteiger partial charge in [0.2, 0.25) is 0 Å². The molecule has 2 aromatic rings. The molecule has 0 bridgehead atoms. The fourth-order valence-corrected chi connectivity index (χ4v) is 2.33. The van der Waals surface area contributed by atoms with E-state index in [-0.39, 0.29) is 0 Å². The first kappa shape index (κ1) is 13.5. The molecule has 2 aromatic carbocycles. The fraction of sp³-hybridized carbons (Fsp3) is 0.250. The number of aryl methyl sites for hydroxylation is 2. The molecule has 2 rings (SSSR count). The highest BCUT2D eigenvalue weighted by Gasteiger charge is 2.10. The lowest BCUT2D eigenvalue weighted by Gasteiger charge is -2.14. The van der Waals surface area contributed by atoms with Crippen molar-refractivity contribution in [1.29, 1.82) is 0 Å². The van der Waals surface area contributed by atoms with Crippen LogP contribution in [-0.2, 0) is 0 Å². The van der Waals surface area contributed by atoms with Gasteiger partial charge < -0.3 is 0 Å². The zero-order valence-corrected chi connectivity index (χ0v) is 12.3. The maximum Gasteiger partial charge on any atom is 0.0438 e. The predicted molar refractivity (Wildman–Crippen MR) is 79.9 cm³/mol. The SMILES string of the molecule is Cc1ccc(C(C)c2ccc(C)c(Cl)c2)cc1Cl. The maximum absolute atomic E-state index is 6.18. The van der Waals surface area contributed by atoms with E-state index in [4.69, 9.17) is 23.2 Å². The van der Waals surface area contributed by atoms with E-state index in [9.17, 15) is 0 Å². The zero-order valence-electron chi connectivity index (χ0n) is 10.8. The standard InChI is InChI=1S/C16H16Cl2/c1-10-4-6-13(8-15(10)17)12(3)14-7-5-11(2)16(18)9-14/h4-9,12H,1-3H3. The number of hydrogen-bond donors (Lipinski definition) is 0. The molecule has 0 aliphatic carbocycles. The molecule has 0 aliphatic heterocycles. The van der Waals surface area contributed by atoms with Gasteiger partial charge in [0.05, 0.1) is 0 Å². The zero-order chi connectivity index (χ0) is 13.3. The van der Waals surface area contributed by atoms with Crippen molar-refractivity contribution in [2.24, 2.45) is 0 Å². The summed E-state index contributed by atoms with van der Waals surface area (Å²) in [7, 11) is 0. The Morgan fingerprint density at radius 2 is 1.17 bits per heavy atom. The number of benzene rings is 2. The Labute approximate surface area is 119 Å². The van der Waals surface area contributed by atoms with Crippen molar-refractivity contribution >= 4 is 23.2 Å². The molecule has 0 saturated heterocycles. The lowest BCUT2D eigenvalue weighted by molar-refractivity contribution is 0.920. The Morgan fingerprint density at radius 3 is 1.50 bits per heavy atom. The van der Waals surface area contributed by atoms with Crippen LogP contribution < -0.4 is 0 Å². The van der Waals surface area contributed by atoms with E-state index >= 15 is 0 Å². The molecule has 94 valence electrons. The van der Waals surface area contributed by atoms with Crippen molar-refractivity contribution in [3.8, 4) is 0 Å². The Morgan fingerprint density at radius 1 is 0.778 bits per heavy atom. The van der Waals surface area contributed by atoms with Crippen molar-refractivity contribution in [3.63, 3.8) is 0 Å². The van der Waals surface area contributed by atoms with Crippen LogP contribution in [0.25, 0.3) is 0 Å². The summed E-state index contributed by atoms with van der Waals surface area (Å²) in [5.74, 6) is 0.293. The van der Waals surface area contributed by atoms with Gasteiger partial charge >= 0.3 is 0 Å². The van der Waals surface area contributed by atoms with E-state index in [0.29, 0.717) is 5.92 Å². The molecule has 0 N–H and O–H groups in total. The Kier molecular flexibility index (Phi) is 3.99. The van der Waals surface area contributed by atoms with Gasteiger partial charge in [-0.2, -0.15) is 0 Å². The number of halogens is 2. The Balaban J connectivity index is 2.37. The highest BCUT2D eigenvalue weighted by atomic mass is 35.5. The molecule has 0 amide bonds. The van der Waals surface area contributed by atoms with Gasteiger partial charge in [-0.25, -0.2) is 0 Å². The van der Waals surface area contributed by atoms with Crippen LogP contribution in [0.1, 0.15) is 35.1 Å². The van der Waals surface area contributed by atoms with Gasteiger partial charge in [0.25, 0.3) is 0 Å². The van der Waals surface area contributed by atoms with E-state index in [2.05, 4.69) is 31.2 Å². The van der Waals surface area contributed by atoms with Crippen LogP contribution in [0.2, 0.25) is 10.0 Å². The molecule has 0 aromatic heterocycles. The molecule has 0 atom stereocenters. The largest absolute Gasteiger partial charge is 0.0840 e. The van der Waals surface area contributed by atoms with Gasteiger partial charge in [0.15, 0.2) is 0 Å². The molecule has 0 saturated carbocycles. The van der Waals surface area contributed by atoms with Gasteiger partial charge in [-0.1, -0.05) is 54.4 Å². The second-order valence-corrected chi connectivity index (χ2v) is 5.55. The summed E-state index contributed by atoms with van der Waals surface area (Å²) in [5.41, 5.74) is 4.64. The lowest BCUT2D eigenvalue weighted by Crippen LogP contribution is -1.97. The predicted octanol–water partition coefficient (Wildman–Crippen LogP) is 5.76. The van der Waals surface area contributed by atoms with Gasteiger partial charge in [0, 0.05) is 16.0 Å². The summed E-state index contributed by atoms with van der Waals surface area (Å²) in [6.07, 6.45) is 0. The molecular weight excluding hydrogens is 263 g/mol. The summed E-state index contributed by atoms with van der Waals surface area (Å²) < 4.78 is 0. The van der Waals surface area contributed by atoms with Crippen LogP contribution in [-0.4, -0.2) is 0 Å². The van der Waals surface area contributed by atoms with Crippen molar-refractivity contribution < 1.29 is 0 Å². The van der Waals surface area contributed by atoms with E-state index in [0.717, 1.165) is 21.2 Å². The van der Waals surface area contributed by atoms with E-state index in [1.165, 1.54) is 11.1 Å². The highest BCUT2D eigenvalue weighted by molar-refractivity contribution is 6.31. The summed E-state index contributed by atoms with van der Waals surface area (Å²) in [6, 6.07) is 12.4. The average molecular weight is 279 g/mol. The monoisotopic (exact) mass is 278 g/mol. The van der Waals surface area contributed by atoms with Crippen LogP contribution in [0.4, 0.5) is 0 Å². The first-order valence-corrected chi connectivity index (χ1v) is 6.76. The van der Waals surface area contributed by atoms with Gasteiger partial charge in [-0.15, -0.1) is 0 Å². The molecule has 0 spiro atoms. The minimum Gasteiger partial charge on any atom is -0.0840 e. The van der Waals surface area contributed by atoms with E-state index < -0.39 is 0 Å². The summed E-state index contributed by atoms with van der Waals surface area (Å²) in [4.78, 5) is 0. The van der Waals surface area contributed by atoms with Crippen molar-refractivity contribution in [3.05, 3.63) is 68.7 Å². The van der Waals surface area contributed by atoms with Crippen molar-refractivity contribution in [2.75, 3.05) is 0 Å². The fourth-order valence-electron chi connectivity index (χ4n) is 1.95. The van der Waals surface area contributed by atoms with Crippen molar-refractivity contribution in [1.82, 2.24) is 0 Å². The van der Waals surface area contributed by atoms with Crippen LogP contribution >= 0.6 is 23.2 Å². The molecule has 0 aliphatic rings. The summed E-state index contributed by atoms with van der Waals surface area (Å²) >= 11 is 12.4. The second-order valence-electron chi connectivity index (χ2n) is 4.74. The molecule has 0 unspecified atom stereocenters. The molecule has 0 nitrogen and oxygen atoms in total. The van der Waals surface area contributed by atoms with E-state index in [1.54, 1.807) is 0 Å². The Bertz CT molecular complexity index is 522. The second kappa shape index (κ2) is 5.34. The normalized spacial score (nSPS) is 11.0. The van der Waals surface area contributed by atoms with Crippen LogP contribution in [0.5, 0.6) is 0 Å². The summed E-state index contributed by atoms with van der Waals surface area (Å²) in [5, 5.41) is 1.63. The van der Waals surface area contributed by atoms with E-state index in [1.807, 2.05) is 26.0 Å².